The van der Waals surface area contributed by atoms with Crippen molar-refractivity contribution >= 4 is 57.6 Å². The van der Waals surface area contributed by atoms with E-state index in [4.69, 9.17) is 27.9 Å². The Morgan fingerprint density at radius 3 is 2.67 bits per heavy atom. The number of aliphatic hydroxyl groups is 2. The molecule has 2 aromatic rings. The monoisotopic (exact) mass is 686 g/mol. The molecule has 210 valence electrons. The third kappa shape index (κ3) is 8.94. The number of rotatable bonds is 13. The lowest BCUT2D eigenvalue weighted by Crippen LogP contribution is -2.54. The van der Waals surface area contributed by atoms with E-state index in [1.165, 1.54) is 0 Å². The van der Waals surface area contributed by atoms with Crippen molar-refractivity contribution in [1.82, 2.24) is 10.2 Å². The number of hydrogen-bond donors (Lipinski definition) is 3. The Morgan fingerprint density at radius 1 is 1.21 bits per heavy atom. The largest absolute Gasteiger partial charge is 0.482 e. The maximum atomic E-state index is 13.6. The second-order valence-electron chi connectivity index (χ2n) is 9.24. The van der Waals surface area contributed by atoms with Crippen LogP contribution < -0.4 is 10.1 Å². The van der Waals surface area contributed by atoms with Crippen LogP contribution in [0.25, 0.3) is 0 Å². The normalized spacial score (nSPS) is 18.7. The molecule has 0 spiro atoms. The Bertz CT molecular complexity index is 1190. The van der Waals surface area contributed by atoms with Crippen molar-refractivity contribution in [3.05, 3.63) is 85.9 Å². The number of amides is 2. The van der Waals surface area contributed by atoms with Crippen molar-refractivity contribution in [1.29, 1.82) is 0 Å². The van der Waals surface area contributed by atoms with Crippen LogP contribution in [0.15, 0.2) is 66.8 Å². The zero-order chi connectivity index (χ0) is 28.4. The summed E-state index contributed by atoms with van der Waals surface area (Å²) in [4.78, 5) is 28.2. The van der Waals surface area contributed by atoms with Gasteiger partial charge in [-0.2, -0.15) is 0 Å². The van der Waals surface area contributed by atoms with Gasteiger partial charge in [-0.1, -0.05) is 47.5 Å². The Morgan fingerprint density at radius 2 is 1.97 bits per heavy atom. The van der Waals surface area contributed by atoms with Gasteiger partial charge in [0.25, 0.3) is 0 Å². The van der Waals surface area contributed by atoms with E-state index in [1.807, 2.05) is 24.3 Å². The fraction of sp³-hybridized carbons (Fsp3) is 0.379. The molecule has 0 bridgehead atoms. The fourth-order valence-corrected chi connectivity index (χ4v) is 5.38. The second-order valence-corrected chi connectivity index (χ2v) is 11.2. The topological polar surface area (TPSA) is 99.1 Å². The second kappa shape index (κ2) is 15.6. The van der Waals surface area contributed by atoms with E-state index >= 15 is 0 Å². The quantitative estimate of drug-likeness (QED) is 0.151. The van der Waals surface area contributed by atoms with E-state index in [9.17, 15) is 19.8 Å². The molecule has 1 aliphatic carbocycles. The lowest BCUT2D eigenvalue weighted by atomic mass is 9.87. The van der Waals surface area contributed by atoms with Crippen molar-refractivity contribution in [3.63, 3.8) is 0 Å². The summed E-state index contributed by atoms with van der Waals surface area (Å²) < 4.78 is 7.03. The summed E-state index contributed by atoms with van der Waals surface area (Å²) in [5.74, 6) is -0.00313. The zero-order valence-corrected chi connectivity index (χ0v) is 25.2. The summed E-state index contributed by atoms with van der Waals surface area (Å²) in [6.45, 7) is 3.73. The van der Waals surface area contributed by atoms with Gasteiger partial charge in [-0.15, -0.1) is 6.58 Å². The molecule has 0 radical (unpaired) electrons. The Balaban J connectivity index is 1.97. The van der Waals surface area contributed by atoms with E-state index in [0.29, 0.717) is 33.4 Å². The van der Waals surface area contributed by atoms with Crippen LogP contribution in [-0.4, -0.2) is 58.3 Å². The maximum Gasteiger partial charge on any atom is 0.247 e. The number of ether oxygens (including phenoxy) is 1. The molecule has 0 saturated carbocycles. The van der Waals surface area contributed by atoms with Crippen LogP contribution in [0.5, 0.6) is 5.75 Å². The van der Waals surface area contributed by atoms with Gasteiger partial charge in [-0.25, -0.2) is 0 Å². The van der Waals surface area contributed by atoms with E-state index in [1.54, 1.807) is 35.2 Å². The summed E-state index contributed by atoms with van der Waals surface area (Å²) in [5, 5.41) is 24.3. The maximum absolute atomic E-state index is 13.6. The van der Waals surface area contributed by atoms with Gasteiger partial charge >= 0.3 is 0 Å². The van der Waals surface area contributed by atoms with Gasteiger partial charge in [-0.05, 0) is 77.8 Å². The number of nitrogens with one attached hydrogen (secondary N) is 1. The van der Waals surface area contributed by atoms with Gasteiger partial charge in [0.15, 0.2) is 0 Å². The molecular weight excluding hydrogens is 654 g/mol. The number of hydrogen-bond acceptors (Lipinski definition) is 5. The first-order chi connectivity index (χ1) is 18.7. The van der Waals surface area contributed by atoms with E-state index < -0.39 is 18.2 Å². The van der Waals surface area contributed by atoms with Gasteiger partial charge in [0.1, 0.15) is 18.0 Å². The number of aliphatic hydroxyl groups excluding tert-OH is 2. The van der Waals surface area contributed by atoms with Gasteiger partial charge in [-0.3, -0.25) is 9.59 Å². The molecule has 0 fully saturated rings. The van der Waals surface area contributed by atoms with Crippen LogP contribution in [0.2, 0.25) is 10.0 Å². The first-order valence-electron chi connectivity index (χ1n) is 12.8. The van der Waals surface area contributed by atoms with Gasteiger partial charge in [0.2, 0.25) is 11.8 Å². The number of para-hydroxylation sites is 1. The third-order valence-electron chi connectivity index (χ3n) is 6.44. The predicted molar refractivity (Wildman–Crippen MR) is 162 cm³/mol. The van der Waals surface area contributed by atoms with Crippen LogP contribution in [0, 0.1) is 3.57 Å². The molecule has 3 N–H and O–H groups in total. The van der Waals surface area contributed by atoms with Crippen LogP contribution in [-0.2, 0) is 16.1 Å². The molecule has 3 rings (SSSR count). The third-order valence-corrected chi connectivity index (χ3v) is 7.92. The number of benzene rings is 2. The van der Waals surface area contributed by atoms with Crippen LogP contribution in [0.3, 0.4) is 0 Å². The molecule has 0 saturated heterocycles. The van der Waals surface area contributed by atoms with Crippen molar-refractivity contribution in [2.75, 3.05) is 13.2 Å². The molecule has 2 amide bonds. The lowest BCUT2D eigenvalue weighted by Gasteiger charge is -2.41. The molecule has 0 aliphatic heterocycles. The summed E-state index contributed by atoms with van der Waals surface area (Å²) in [5.41, 5.74) is 1.03. The van der Waals surface area contributed by atoms with Crippen molar-refractivity contribution < 1.29 is 24.5 Å². The van der Waals surface area contributed by atoms with Gasteiger partial charge < -0.3 is 25.2 Å². The summed E-state index contributed by atoms with van der Waals surface area (Å²) in [6, 6.07) is 11.7. The highest BCUT2D eigenvalue weighted by atomic mass is 127. The Kier molecular flexibility index (Phi) is 12.6. The summed E-state index contributed by atoms with van der Waals surface area (Å²) in [6.07, 6.45) is 4.02. The predicted octanol–water partition coefficient (Wildman–Crippen LogP) is 5.29. The first-order valence-corrected chi connectivity index (χ1v) is 14.6. The van der Waals surface area contributed by atoms with Crippen LogP contribution in [0.1, 0.15) is 37.7 Å². The molecule has 0 heterocycles. The zero-order valence-electron chi connectivity index (χ0n) is 21.5. The highest BCUT2D eigenvalue weighted by molar-refractivity contribution is 14.1. The van der Waals surface area contributed by atoms with Crippen molar-refractivity contribution in [3.8, 4) is 5.75 Å². The van der Waals surface area contributed by atoms with Crippen molar-refractivity contribution in [2.24, 2.45) is 0 Å². The smallest absolute Gasteiger partial charge is 0.247 e. The molecule has 39 heavy (non-hydrogen) atoms. The minimum absolute atomic E-state index is 0.0812. The van der Waals surface area contributed by atoms with Gasteiger partial charge in [0, 0.05) is 41.5 Å². The van der Waals surface area contributed by atoms with E-state index in [2.05, 4.69) is 34.5 Å². The number of halogens is 3. The number of nitrogens with zero attached hydrogens (tertiary/aromatic N) is 1. The Hall–Kier alpha value is -2.11. The highest BCUT2D eigenvalue weighted by Gasteiger charge is 2.40. The number of carbonyl (C=O) groups is 2. The highest BCUT2D eigenvalue weighted by Crippen LogP contribution is 2.32. The minimum atomic E-state index is -1.13. The average Bonchev–Trinajstić information content (AvgIpc) is 2.91. The van der Waals surface area contributed by atoms with Crippen LogP contribution in [0.4, 0.5) is 0 Å². The molecule has 7 nitrogen and oxygen atoms in total. The molecular formula is C29H33Cl2IN2O5. The van der Waals surface area contributed by atoms with Crippen molar-refractivity contribution in [2.45, 2.75) is 56.9 Å². The fourth-order valence-electron chi connectivity index (χ4n) is 4.40. The molecule has 0 aromatic heterocycles. The summed E-state index contributed by atoms with van der Waals surface area (Å²) >= 11 is 14.7. The lowest BCUT2D eigenvalue weighted by molar-refractivity contribution is -0.139. The standard InChI is InChI=1S/C29H33Cl2IN2O5/c1-2-3-4-5-10-27(36)34(18-19-11-12-21(30)17-22(19)31)24-15-20(29(38)33-13-14-35)16-26(28(24)37)39-25-9-7-6-8-23(25)32/h2,6-9,11-12,16-17,24,26,28,35,37H,1,3-5,10,13-15,18H2,(H,33,38)/t24-,26+,28+/m1/s1. The summed E-state index contributed by atoms with van der Waals surface area (Å²) in [7, 11) is 0. The number of carbonyl (C=O) groups excluding carboxylic acids is 2. The molecule has 2 aromatic carbocycles. The number of allylic oxidation sites excluding steroid dienone is 1. The Labute approximate surface area is 253 Å². The molecule has 0 unspecified atom stereocenters. The first kappa shape index (κ1) is 31.4. The average molecular weight is 687 g/mol. The van der Waals surface area contributed by atoms with Crippen LogP contribution >= 0.6 is 45.8 Å². The molecule has 1 aliphatic rings. The van der Waals surface area contributed by atoms with E-state index in [-0.39, 0.29) is 44.4 Å². The van der Waals surface area contributed by atoms with E-state index in [0.717, 1.165) is 16.4 Å². The SMILES string of the molecule is C=CCCCCC(=O)N(Cc1ccc(Cl)cc1Cl)[C@@H]1CC(C(=O)NCCO)=C[C@H](Oc2ccccc2I)[C@H]1O. The number of unbranched alkanes of at least 4 members (excludes halogenated alkanes) is 2. The minimum Gasteiger partial charge on any atom is -0.482 e. The van der Waals surface area contributed by atoms with Gasteiger partial charge in [0.05, 0.1) is 16.2 Å². The molecule has 3 atom stereocenters. The molecule has 10 heteroatoms.